The van der Waals surface area contributed by atoms with Crippen LogP contribution in [-0.4, -0.2) is 58.3 Å². The van der Waals surface area contributed by atoms with E-state index in [1.807, 2.05) is 24.3 Å². The Bertz CT molecular complexity index is 1290. The Labute approximate surface area is 183 Å². The maximum Gasteiger partial charge on any atom is 0.231 e. The number of ketones is 1. The molecule has 0 aromatic carbocycles. The van der Waals surface area contributed by atoms with Gasteiger partial charge in [0.15, 0.2) is 11.4 Å². The molecule has 2 aliphatic rings. The van der Waals surface area contributed by atoms with Crippen LogP contribution in [0.1, 0.15) is 19.3 Å². The Balaban J connectivity index is 1.32. The van der Waals surface area contributed by atoms with E-state index in [9.17, 15) is 4.79 Å². The van der Waals surface area contributed by atoms with Gasteiger partial charge in [0.2, 0.25) is 5.88 Å². The first kappa shape index (κ1) is 19.2. The second-order valence-corrected chi connectivity index (χ2v) is 8.30. The molecule has 1 saturated heterocycles. The van der Waals surface area contributed by atoms with E-state index in [4.69, 9.17) is 13.9 Å². The van der Waals surface area contributed by atoms with Crippen LogP contribution in [0.5, 0.6) is 5.88 Å². The first-order chi connectivity index (χ1) is 15.7. The van der Waals surface area contributed by atoms with Crippen molar-refractivity contribution in [2.24, 2.45) is 5.92 Å². The van der Waals surface area contributed by atoms with Crippen molar-refractivity contribution in [2.75, 3.05) is 37.8 Å². The van der Waals surface area contributed by atoms with Gasteiger partial charge in [0.05, 0.1) is 31.4 Å². The first-order valence-corrected chi connectivity index (χ1v) is 11.0. The van der Waals surface area contributed by atoms with E-state index in [1.165, 1.54) is 0 Å². The topological polar surface area (TPSA) is 95.0 Å². The molecule has 1 atom stereocenters. The number of Topliss-reactive ketones (excluding diaryl/α,β-unsaturated/α-hetero) is 1. The number of fused-ring (bicyclic) bond motifs is 2. The Morgan fingerprint density at radius 1 is 1.16 bits per heavy atom. The number of carbonyl (C=O) groups excluding carboxylic acids is 1. The molecule has 1 aliphatic carbocycles. The van der Waals surface area contributed by atoms with Gasteiger partial charge in [-0.2, -0.15) is 0 Å². The molecular formula is C23H23N5O4. The average Bonchev–Trinajstić information content (AvgIpc) is 3.55. The average molecular weight is 433 g/mol. The van der Waals surface area contributed by atoms with Crippen molar-refractivity contribution in [3.8, 4) is 17.3 Å². The minimum atomic E-state index is 0.267. The summed E-state index contributed by atoms with van der Waals surface area (Å²) in [6.07, 6.45) is 5.65. The van der Waals surface area contributed by atoms with E-state index < -0.39 is 0 Å². The maximum absolute atomic E-state index is 11.5. The molecule has 1 saturated carbocycles. The predicted molar refractivity (Wildman–Crippen MR) is 117 cm³/mol. The van der Waals surface area contributed by atoms with E-state index in [2.05, 4.69) is 20.0 Å². The summed E-state index contributed by atoms with van der Waals surface area (Å²) < 4.78 is 19.3. The third-order valence-electron chi connectivity index (χ3n) is 6.14. The van der Waals surface area contributed by atoms with Gasteiger partial charge in [0.1, 0.15) is 22.9 Å². The molecule has 0 radical (unpaired) electrons. The number of hydrogen-bond acceptors (Lipinski definition) is 8. The van der Waals surface area contributed by atoms with Crippen LogP contribution in [0.25, 0.3) is 28.1 Å². The van der Waals surface area contributed by atoms with Crippen molar-refractivity contribution >= 4 is 28.2 Å². The van der Waals surface area contributed by atoms with E-state index in [1.54, 1.807) is 16.9 Å². The molecule has 0 spiro atoms. The Kier molecular flexibility index (Phi) is 4.75. The number of anilines is 1. The van der Waals surface area contributed by atoms with E-state index in [0.717, 1.165) is 42.0 Å². The Hall–Kier alpha value is -3.46. The van der Waals surface area contributed by atoms with Gasteiger partial charge in [-0.3, -0.25) is 4.79 Å². The van der Waals surface area contributed by atoms with E-state index in [-0.39, 0.29) is 5.92 Å². The van der Waals surface area contributed by atoms with E-state index >= 15 is 0 Å². The molecule has 0 amide bonds. The third-order valence-corrected chi connectivity index (χ3v) is 6.14. The van der Waals surface area contributed by atoms with Gasteiger partial charge in [-0.25, -0.2) is 14.5 Å². The molecule has 2 fully saturated rings. The van der Waals surface area contributed by atoms with Crippen LogP contribution >= 0.6 is 0 Å². The number of rotatable bonds is 5. The lowest BCUT2D eigenvalue weighted by atomic mass is 10.1. The second-order valence-electron chi connectivity index (χ2n) is 8.30. The van der Waals surface area contributed by atoms with Gasteiger partial charge in [-0.15, -0.1) is 5.10 Å². The molecule has 9 nitrogen and oxygen atoms in total. The molecule has 4 aromatic rings. The van der Waals surface area contributed by atoms with Crippen molar-refractivity contribution in [3.05, 3.63) is 36.7 Å². The zero-order valence-electron chi connectivity index (χ0n) is 17.6. The predicted octanol–water partition coefficient (Wildman–Crippen LogP) is 3.12. The van der Waals surface area contributed by atoms with Crippen LogP contribution in [0.15, 0.2) is 41.1 Å². The van der Waals surface area contributed by atoms with Gasteiger partial charge in [0.25, 0.3) is 0 Å². The van der Waals surface area contributed by atoms with Gasteiger partial charge < -0.3 is 18.8 Å². The first-order valence-electron chi connectivity index (χ1n) is 11.0. The highest BCUT2D eigenvalue weighted by atomic mass is 16.5. The largest absolute Gasteiger partial charge is 0.476 e. The summed E-state index contributed by atoms with van der Waals surface area (Å²) in [5.74, 6) is 2.65. The fourth-order valence-corrected chi connectivity index (χ4v) is 4.44. The molecule has 4 aromatic heterocycles. The molecular weight excluding hydrogens is 410 g/mol. The number of carbonyl (C=O) groups is 1. The monoisotopic (exact) mass is 433 g/mol. The number of ether oxygens (including phenoxy) is 2. The fourth-order valence-electron chi connectivity index (χ4n) is 4.44. The Morgan fingerprint density at radius 3 is 2.91 bits per heavy atom. The number of furan rings is 1. The van der Waals surface area contributed by atoms with Gasteiger partial charge >= 0.3 is 0 Å². The third kappa shape index (κ3) is 3.48. The maximum atomic E-state index is 11.5. The summed E-state index contributed by atoms with van der Waals surface area (Å²) in [5, 5.41) is 5.57. The van der Waals surface area contributed by atoms with Crippen molar-refractivity contribution in [1.29, 1.82) is 0 Å². The van der Waals surface area contributed by atoms with Crippen molar-refractivity contribution in [2.45, 2.75) is 19.3 Å². The summed E-state index contributed by atoms with van der Waals surface area (Å²) in [6.45, 7) is 3.48. The molecule has 32 heavy (non-hydrogen) atoms. The molecule has 0 unspecified atom stereocenters. The fraction of sp³-hybridized carbons (Fsp3) is 0.391. The second kappa shape index (κ2) is 7.90. The van der Waals surface area contributed by atoms with Crippen LogP contribution in [0.2, 0.25) is 0 Å². The lowest BCUT2D eigenvalue weighted by Gasteiger charge is -2.28. The number of pyridine rings is 1. The van der Waals surface area contributed by atoms with Crippen LogP contribution in [0.4, 0.5) is 5.82 Å². The van der Waals surface area contributed by atoms with Crippen LogP contribution < -0.4 is 9.64 Å². The molecule has 0 bridgehead atoms. The summed E-state index contributed by atoms with van der Waals surface area (Å²) in [5.41, 5.74) is 2.21. The number of nitrogens with zero attached hydrogens (tertiary/aromatic N) is 5. The molecule has 1 aliphatic heterocycles. The zero-order chi connectivity index (χ0) is 21.5. The van der Waals surface area contributed by atoms with E-state index in [0.29, 0.717) is 55.7 Å². The molecule has 5 heterocycles. The summed E-state index contributed by atoms with van der Waals surface area (Å²) in [4.78, 5) is 22.8. The highest BCUT2D eigenvalue weighted by Crippen LogP contribution is 2.33. The van der Waals surface area contributed by atoms with Crippen LogP contribution in [-0.2, 0) is 9.53 Å². The van der Waals surface area contributed by atoms with Gasteiger partial charge in [0, 0.05) is 44.1 Å². The molecule has 0 N–H and O–H groups in total. The van der Waals surface area contributed by atoms with Crippen molar-refractivity contribution < 1.29 is 18.7 Å². The van der Waals surface area contributed by atoms with Gasteiger partial charge in [-0.1, -0.05) is 0 Å². The van der Waals surface area contributed by atoms with Crippen LogP contribution in [0.3, 0.4) is 0 Å². The minimum absolute atomic E-state index is 0.267. The zero-order valence-corrected chi connectivity index (χ0v) is 17.6. The number of morpholine rings is 1. The van der Waals surface area contributed by atoms with Crippen molar-refractivity contribution in [3.63, 3.8) is 0 Å². The summed E-state index contributed by atoms with van der Waals surface area (Å²) >= 11 is 0. The highest BCUT2D eigenvalue weighted by Gasteiger charge is 2.23. The highest BCUT2D eigenvalue weighted by molar-refractivity contribution is 5.92. The normalized spacial score (nSPS) is 19.3. The quantitative estimate of drug-likeness (QED) is 0.474. The lowest BCUT2D eigenvalue weighted by molar-refractivity contribution is -0.117. The SMILES string of the molecule is O=C1CC[C@H](COc2ccc3ncc(-c4cc5c(N6CCOCC6)nccc5o4)n3n2)C1. The molecule has 6 rings (SSSR count). The Morgan fingerprint density at radius 2 is 2.06 bits per heavy atom. The smallest absolute Gasteiger partial charge is 0.231 e. The molecule has 9 heteroatoms. The molecule has 164 valence electrons. The van der Waals surface area contributed by atoms with Crippen molar-refractivity contribution in [1.82, 2.24) is 19.6 Å². The lowest BCUT2D eigenvalue weighted by Crippen LogP contribution is -2.36. The number of aromatic nitrogens is 4. The minimum Gasteiger partial charge on any atom is -0.476 e. The van der Waals surface area contributed by atoms with Gasteiger partial charge in [-0.05, 0) is 24.6 Å². The summed E-state index contributed by atoms with van der Waals surface area (Å²) in [6, 6.07) is 7.55. The standard InChI is InChI=1S/C23H23N5O4/c29-16-2-1-15(11-16)14-31-22-4-3-21-25-13-18(28(21)26-22)20-12-17-19(32-20)5-6-24-23(17)27-7-9-30-10-8-27/h3-6,12-13,15H,1-2,7-11,14H2/t15-/m0/s1. The number of hydrogen-bond donors (Lipinski definition) is 0. The van der Waals surface area contributed by atoms with Crippen LogP contribution in [0, 0.1) is 5.92 Å². The summed E-state index contributed by atoms with van der Waals surface area (Å²) in [7, 11) is 0. The number of imidazole rings is 1.